The van der Waals surface area contributed by atoms with Crippen LogP contribution in [0, 0.1) is 0 Å². The lowest BCUT2D eigenvalue weighted by molar-refractivity contribution is 0.198. The van der Waals surface area contributed by atoms with Gasteiger partial charge in [0.15, 0.2) is 0 Å². The van der Waals surface area contributed by atoms with Crippen molar-refractivity contribution in [2.24, 2.45) is 0 Å². The highest BCUT2D eigenvalue weighted by atomic mass is 35.5. The van der Waals surface area contributed by atoms with Crippen LogP contribution in [-0.2, 0) is 9.09 Å². The summed E-state index contributed by atoms with van der Waals surface area (Å²) in [5.41, 5.74) is 1.03. The molecule has 7 heteroatoms. The minimum atomic E-state index is -3.08. The fourth-order valence-electron chi connectivity index (χ4n) is 2.54. The van der Waals surface area contributed by atoms with E-state index in [0.29, 0.717) is 24.8 Å². The Balaban J connectivity index is 2.27. The Morgan fingerprint density at radius 1 is 1.24 bits per heavy atom. The van der Waals surface area contributed by atoms with E-state index in [-0.39, 0.29) is 12.1 Å². The van der Waals surface area contributed by atoms with Crippen LogP contribution in [0.25, 0.3) is 0 Å². The third-order valence-electron chi connectivity index (χ3n) is 3.85. The van der Waals surface area contributed by atoms with Gasteiger partial charge in [-0.1, -0.05) is 30.3 Å². The highest BCUT2D eigenvalue weighted by Gasteiger charge is 2.50. The van der Waals surface area contributed by atoms with E-state index in [1.54, 1.807) is 4.67 Å². The number of hydrogen-bond acceptors (Lipinski definition) is 2. The topological polar surface area (TPSA) is 32.8 Å². The SMILES string of the molecule is C[C@@H]1[C@H](c2ccccc2)O[P@](=O)(N(CCCl)CCCl)N1C. The average molecular weight is 351 g/mol. The molecule has 0 unspecified atom stereocenters. The Morgan fingerprint density at radius 2 is 1.81 bits per heavy atom. The van der Waals surface area contributed by atoms with Crippen LogP contribution in [0.15, 0.2) is 30.3 Å². The summed E-state index contributed by atoms with van der Waals surface area (Å²) in [5.74, 6) is 0.783. The molecule has 1 aliphatic rings. The number of hydrogen-bond donors (Lipinski definition) is 0. The third kappa shape index (κ3) is 3.47. The molecule has 0 radical (unpaired) electrons. The van der Waals surface area contributed by atoms with Gasteiger partial charge in [-0.05, 0) is 19.5 Å². The molecule has 0 aliphatic carbocycles. The van der Waals surface area contributed by atoms with Crippen LogP contribution in [0.1, 0.15) is 18.6 Å². The Kier molecular flexibility index (Phi) is 6.13. The monoisotopic (exact) mass is 350 g/mol. The van der Waals surface area contributed by atoms with Crippen LogP contribution in [0.4, 0.5) is 0 Å². The molecule has 4 nitrogen and oxygen atoms in total. The second kappa shape index (κ2) is 7.45. The second-order valence-corrected chi connectivity index (χ2v) is 8.22. The fraction of sp³-hybridized carbons (Fsp3) is 0.571. The van der Waals surface area contributed by atoms with Gasteiger partial charge in [-0.15, -0.1) is 23.2 Å². The molecule has 1 aliphatic heterocycles. The molecule has 0 N–H and O–H groups in total. The summed E-state index contributed by atoms with van der Waals surface area (Å²) in [6.45, 7) is 3.01. The molecule has 2 rings (SSSR count). The normalized spacial score (nSPS) is 30.1. The quantitative estimate of drug-likeness (QED) is 0.574. The first-order valence-electron chi connectivity index (χ1n) is 6.98. The summed E-state index contributed by atoms with van der Waals surface area (Å²) in [6.07, 6.45) is -0.213. The minimum Gasteiger partial charge on any atom is -0.296 e. The van der Waals surface area contributed by atoms with Crippen molar-refractivity contribution in [1.29, 1.82) is 0 Å². The van der Waals surface area contributed by atoms with Crippen LogP contribution in [0.2, 0.25) is 0 Å². The Hall–Kier alpha value is -0.0900. The van der Waals surface area contributed by atoms with Crippen LogP contribution in [-0.4, -0.2) is 47.3 Å². The van der Waals surface area contributed by atoms with E-state index in [0.717, 1.165) is 5.56 Å². The number of likely N-dealkylation sites (N-methyl/N-ethyl adjacent to an activating group) is 1. The fourth-order valence-corrected chi connectivity index (χ4v) is 5.75. The lowest BCUT2D eigenvalue weighted by Crippen LogP contribution is -2.32. The van der Waals surface area contributed by atoms with Gasteiger partial charge < -0.3 is 0 Å². The molecule has 1 aromatic carbocycles. The molecule has 1 fully saturated rings. The van der Waals surface area contributed by atoms with E-state index in [2.05, 4.69) is 0 Å². The molecule has 1 heterocycles. The molecule has 0 spiro atoms. The maximum Gasteiger partial charge on any atom is 0.346 e. The highest BCUT2D eigenvalue weighted by molar-refractivity contribution is 7.54. The van der Waals surface area contributed by atoms with E-state index in [1.165, 1.54) is 0 Å². The molecule has 0 bridgehead atoms. The van der Waals surface area contributed by atoms with Gasteiger partial charge >= 0.3 is 7.67 Å². The maximum absolute atomic E-state index is 13.3. The van der Waals surface area contributed by atoms with Crippen molar-refractivity contribution < 1.29 is 9.09 Å². The van der Waals surface area contributed by atoms with E-state index < -0.39 is 7.67 Å². The summed E-state index contributed by atoms with van der Waals surface area (Å²) < 4.78 is 22.9. The zero-order valence-electron chi connectivity index (χ0n) is 12.3. The van der Waals surface area contributed by atoms with Gasteiger partial charge in [-0.2, -0.15) is 0 Å². The van der Waals surface area contributed by atoms with Gasteiger partial charge in [-0.25, -0.2) is 9.34 Å². The van der Waals surface area contributed by atoms with Crippen LogP contribution < -0.4 is 0 Å². The number of halogens is 2. The van der Waals surface area contributed by atoms with Gasteiger partial charge in [-0.3, -0.25) is 9.09 Å². The molecule has 21 heavy (non-hydrogen) atoms. The molecule has 118 valence electrons. The molecule has 0 aromatic heterocycles. The van der Waals surface area contributed by atoms with Gasteiger partial charge in [0.1, 0.15) is 6.10 Å². The molecule has 1 saturated heterocycles. The van der Waals surface area contributed by atoms with E-state index in [1.807, 2.05) is 49.0 Å². The van der Waals surface area contributed by atoms with E-state index in [4.69, 9.17) is 27.7 Å². The first kappa shape index (κ1) is 17.3. The van der Waals surface area contributed by atoms with Crippen molar-refractivity contribution in [1.82, 2.24) is 9.34 Å². The number of nitrogens with zero attached hydrogens (tertiary/aromatic N) is 2. The van der Waals surface area contributed by atoms with E-state index >= 15 is 0 Å². The summed E-state index contributed by atoms with van der Waals surface area (Å²) >= 11 is 11.7. The molecule has 0 saturated carbocycles. The predicted molar refractivity (Wildman–Crippen MR) is 88.1 cm³/mol. The number of alkyl halides is 2. The van der Waals surface area contributed by atoms with Crippen molar-refractivity contribution >= 4 is 30.9 Å². The van der Waals surface area contributed by atoms with Crippen molar-refractivity contribution in [3.8, 4) is 0 Å². The standard InChI is InChI=1S/C14H21Cl2N2O2P/c1-12-14(13-6-4-3-5-7-13)20-21(19,17(12)2)18(10-8-15)11-9-16/h3-7,12,14H,8-11H2,1-2H3/t12-,14-,21+/m1/s1. The smallest absolute Gasteiger partial charge is 0.296 e. The molecular weight excluding hydrogens is 330 g/mol. The largest absolute Gasteiger partial charge is 0.346 e. The minimum absolute atomic E-state index is 0.0198. The number of benzene rings is 1. The van der Waals surface area contributed by atoms with Crippen LogP contribution in [0.5, 0.6) is 0 Å². The Bertz CT molecular complexity index is 497. The lowest BCUT2D eigenvalue weighted by atomic mass is 10.0. The summed E-state index contributed by atoms with van der Waals surface area (Å²) in [6, 6.07) is 9.90. The highest BCUT2D eigenvalue weighted by Crippen LogP contribution is 2.64. The van der Waals surface area contributed by atoms with Crippen molar-refractivity contribution in [2.75, 3.05) is 31.9 Å². The summed E-state index contributed by atoms with van der Waals surface area (Å²) in [7, 11) is -1.25. The molecular formula is C14H21Cl2N2O2P. The Labute approximate surface area is 136 Å². The van der Waals surface area contributed by atoms with Gasteiger partial charge in [0.05, 0.1) is 0 Å². The van der Waals surface area contributed by atoms with Crippen molar-refractivity contribution in [3.63, 3.8) is 0 Å². The third-order valence-corrected chi connectivity index (χ3v) is 6.96. The van der Waals surface area contributed by atoms with Crippen molar-refractivity contribution in [3.05, 3.63) is 35.9 Å². The second-order valence-electron chi connectivity index (χ2n) is 5.07. The first-order chi connectivity index (χ1) is 10.0. The molecule has 1 aromatic rings. The van der Waals surface area contributed by atoms with Crippen LogP contribution >= 0.6 is 30.9 Å². The Morgan fingerprint density at radius 3 is 2.33 bits per heavy atom. The summed E-state index contributed by atoms with van der Waals surface area (Å²) in [5, 5.41) is 0. The zero-order chi connectivity index (χ0) is 15.5. The molecule has 0 amide bonds. The van der Waals surface area contributed by atoms with Gasteiger partial charge in [0.2, 0.25) is 0 Å². The van der Waals surface area contributed by atoms with E-state index in [9.17, 15) is 4.57 Å². The lowest BCUT2D eigenvalue weighted by Gasteiger charge is -2.30. The zero-order valence-corrected chi connectivity index (χ0v) is 14.7. The van der Waals surface area contributed by atoms with Gasteiger partial charge in [0, 0.05) is 30.9 Å². The van der Waals surface area contributed by atoms with Crippen LogP contribution in [0.3, 0.4) is 0 Å². The predicted octanol–water partition coefficient (Wildman–Crippen LogP) is 3.97. The average Bonchev–Trinajstić information content (AvgIpc) is 2.73. The summed E-state index contributed by atoms with van der Waals surface area (Å²) in [4.78, 5) is 0. The first-order valence-corrected chi connectivity index (χ1v) is 9.58. The van der Waals surface area contributed by atoms with Crippen molar-refractivity contribution in [2.45, 2.75) is 19.1 Å². The number of rotatable bonds is 6. The maximum atomic E-state index is 13.3. The van der Waals surface area contributed by atoms with Gasteiger partial charge in [0.25, 0.3) is 0 Å². The molecule has 3 atom stereocenters.